The molecule has 1 aliphatic rings. The summed E-state index contributed by atoms with van der Waals surface area (Å²) >= 11 is 0. The van der Waals surface area contributed by atoms with Gasteiger partial charge in [-0.15, -0.1) is 0 Å². The van der Waals surface area contributed by atoms with E-state index >= 15 is 0 Å². The number of hydrogen-bond acceptors (Lipinski definition) is 2. The lowest BCUT2D eigenvalue weighted by atomic mass is 9.90. The number of benzene rings is 1. The van der Waals surface area contributed by atoms with E-state index in [0.717, 1.165) is 25.7 Å². The quantitative estimate of drug-likeness (QED) is 0.807. The van der Waals surface area contributed by atoms with Crippen molar-refractivity contribution in [3.63, 3.8) is 0 Å². The highest BCUT2D eigenvalue weighted by molar-refractivity contribution is 5.14. The lowest BCUT2D eigenvalue weighted by molar-refractivity contribution is 0.0722. The van der Waals surface area contributed by atoms with Crippen LogP contribution in [0.5, 0.6) is 0 Å². The molecule has 0 unspecified atom stereocenters. The highest BCUT2D eigenvalue weighted by Crippen LogP contribution is 2.23. The summed E-state index contributed by atoms with van der Waals surface area (Å²) in [4.78, 5) is 0. The predicted molar refractivity (Wildman–Crippen MR) is 80.1 cm³/mol. The maximum Gasteiger partial charge on any atom is 0.0617 e. The van der Waals surface area contributed by atoms with E-state index in [1.54, 1.807) is 0 Å². The van der Waals surface area contributed by atoms with Crippen LogP contribution >= 0.6 is 0 Å². The van der Waals surface area contributed by atoms with Crippen LogP contribution in [0.25, 0.3) is 0 Å². The first-order valence-electron chi connectivity index (χ1n) is 7.69. The van der Waals surface area contributed by atoms with Gasteiger partial charge in [0, 0.05) is 19.2 Å². The maximum absolute atomic E-state index is 5.86. The second-order valence-corrected chi connectivity index (χ2v) is 5.81. The first-order chi connectivity index (χ1) is 9.34. The Hall–Kier alpha value is -0.860. The zero-order valence-corrected chi connectivity index (χ0v) is 12.1. The van der Waals surface area contributed by atoms with E-state index < -0.39 is 0 Å². The molecule has 1 N–H and O–H groups in total. The molecule has 2 rings (SSSR count). The lowest BCUT2D eigenvalue weighted by Crippen LogP contribution is -2.31. The average molecular weight is 261 g/mol. The Balaban J connectivity index is 1.55. The Kier molecular flexibility index (Phi) is 6.38. The minimum atomic E-state index is 0.420. The molecule has 0 heterocycles. The fourth-order valence-corrected chi connectivity index (χ4v) is 2.71. The molecule has 1 fully saturated rings. The van der Waals surface area contributed by atoms with Crippen molar-refractivity contribution < 1.29 is 4.74 Å². The first-order valence-corrected chi connectivity index (χ1v) is 7.69. The second kappa shape index (κ2) is 8.34. The molecular formula is C17H27NO. The molecule has 0 radical (unpaired) electrons. The number of ether oxygens (including phenoxy) is 1. The van der Waals surface area contributed by atoms with Gasteiger partial charge >= 0.3 is 0 Å². The Bertz CT molecular complexity index is 332. The van der Waals surface area contributed by atoms with Gasteiger partial charge in [-0.3, -0.25) is 0 Å². The van der Waals surface area contributed by atoms with Crippen molar-refractivity contribution >= 4 is 0 Å². The third-order valence-corrected chi connectivity index (χ3v) is 3.94. The Morgan fingerprint density at radius 1 is 1.16 bits per heavy atom. The molecule has 0 aliphatic heterocycles. The van der Waals surface area contributed by atoms with Crippen LogP contribution in [0.15, 0.2) is 30.3 Å². The molecule has 0 saturated heterocycles. The molecule has 0 bridgehead atoms. The minimum absolute atomic E-state index is 0.420. The number of rotatable bonds is 7. The van der Waals surface area contributed by atoms with Crippen LogP contribution in [0.3, 0.4) is 0 Å². The van der Waals surface area contributed by atoms with Gasteiger partial charge in [0.25, 0.3) is 0 Å². The zero-order valence-electron chi connectivity index (χ0n) is 12.1. The zero-order chi connectivity index (χ0) is 13.3. The molecular weight excluding hydrogens is 234 g/mol. The third kappa shape index (κ3) is 5.75. The van der Waals surface area contributed by atoms with Gasteiger partial charge in [0.1, 0.15) is 0 Å². The third-order valence-electron chi connectivity index (χ3n) is 3.94. The van der Waals surface area contributed by atoms with Gasteiger partial charge < -0.3 is 10.1 Å². The number of nitrogens with one attached hydrogen (secondary N) is 1. The van der Waals surface area contributed by atoms with Crippen molar-refractivity contribution in [3.05, 3.63) is 35.9 Å². The molecule has 2 heteroatoms. The highest BCUT2D eigenvalue weighted by atomic mass is 16.5. The largest absolute Gasteiger partial charge is 0.380 e. The standard InChI is InChI=1S/C17H27NO/c1-15(18-12-16-8-4-2-5-9-16)13-19-14-17-10-6-3-7-11-17/h2,4-5,8-9,15,17-18H,3,6-7,10-14H2,1H3/t15-/m0/s1. The van der Waals surface area contributed by atoms with Gasteiger partial charge in [0.15, 0.2) is 0 Å². The van der Waals surface area contributed by atoms with E-state index in [1.165, 1.54) is 37.7 Å². The van der Waals surface area contributed by atoms with Crippen molar-refractivity contribution in [3.8, 4) is 0 Å². The summed E-state index contributed by atoms with van der Waals surface area (Å²) in [6, 6.07) is 11.0. The van der Waals surface area contributed by atoms with Gasteiger partial charge in [0.05, 0.1) is 6.61 Å². The summed E-state index contributed by atoms with van der Waals surface area (Å²) in [5, 5.41) is 3.51. The second-order valence-electron chi connectivity index (χ2n) is 5.81. The molecule has 106 valence electrons. The molecule has 1 saturated carbocycles. The van der Waals surface area contributed by atoms with E-state index in [1.807, 2.05) is 0 Å². The molecule has 1 aromatic rings. The molecule has 19 heavy (non-hydrogen) atoms. The van der Waals surface area contributed by atoms with Crippen LogP contribution in [-0.2, 0) is 11.3 Å². The Morgan fingerprint density at radius 2 is 1.89 bits per heavy atom. The summed E-state index contributed by atoms with van der Waals surface area (Å²) in [6.07, 6.45) is 6.95. The highest BCUT2D eigenvalue weighted by Gasteiger charge is 2.13. The topological polar surface area (TPSA) is 21.3 Å². The molecule has 2 nitrogen and oxygen atoms in total. The van der Waals surface area contributed by atoms with Gasteiger partial charge in [0.2, 0.25) is 0 Å². The van der Waals surface area contributed by atoms with E-state index in [0.29, 0.717) is 6.04 Å². The van der Waals surface area contributed by atoms with Crippen LogP contribution in [0, 0.1) is 5.92 Å². The summed E-state index contributed by atoms with van der Waals surface area (Å²) < 4.78 is 5.86. The van der Waals surface area contributed by atoms with Crippen LogP contribution < -0.4 is 5.32 Å². The molecule has 1 aromatic carbocycles. The molecule has 1 atom stereocenters. The van der Waals surface area contributed by atoms with Crippen molar-refractivity contribution in [2.24, 2.45) is 5.92 Å². The maximum atomic E-state index is 5.86. The average Bonchev–Trinajstić information content (AvgIpc) is 2.47. The van der Waals surface area contributed by atoms with Gasteiger partial charge in [-0.25, -0.2) is 0 Å². The lowest BCUT2D eigenvalue weighted by Gasteiger charge is -2.22. The summed E-state index contributed by atoms with van der Waals surface area (Å²) in [6.45, 7) is 4.90. The molecule has 0 spiro atoms. The monoisotopic (exact) mass is 261 g/mol. The van der Waals surface area contributed by atoms with Crippen molar-refractivity contribution in [1.29, 1.82) is 0 Å². The fraction of sp³-hybridized carbons (Fsp3) is 0.647. The number of hydrogen-bond donors (Lipinski definition) is 1. The van der Waals surface area contributed by atoms with Crippen molar-refractivity contribution in [1.82, 2.24) is 5.32 Å². The first kappa shape index (κ1) is 14.5. The Labute approximate surface area is 117 Å². The molecule has 0 amide bonds. The fourth-order valence-electron chi connectivity index (χ4n) is 2.71. The van der Waals surface area contributed by atoms with Crippen molar-refractivity contribution in [2.75, 3.05) is 13.2 Å². The summed E-state index contributed by atoms with van der Waals surface area (Å²) in [5.74, 6) is 0.815. The molecule has 1 aliphatic carbocycles. The van der Waals surface area contributed by atoms with Crippen LogP contribution in [0.4, 0.5) is 0 Å². The SMILES string of the molecule is C[C@@H](COCC1CCCCC1)NCc1ccccc1. The van der Waals surface area contributed by atoms with Crippen LogP contribution in [-0.4, -0.2) is 19.3 Å². The van der Waals surface area contributed by atoms with Crippen molar-refractivity contribution in [2.45, 2.75) is 51.6 Å². The van der Waals surface area contributed by atoms with Crippen LogP contribution in [0.1, 0.15) is 44.6 Å². The van der Waals surface area contributed by atoms with Gasteiger partial charge in [-0.05, 0) is 31.2 Å². The van der Waals surface area contributed by atoms with E-state index in [2.05, 4.69) is 42.6 Å². The molecule has 0 aromatic heterocycles. The normalized spacial score (nSPS) is 18.4. The van der Waals surface area contributed by atoms with E-state index in [9.17, 15) is 0 Å². The van der Waals surface area contributed by atoms with Gasteiger partial charge in [-0.1, -0.05) is 49.6 Å². The summed E-state index contributed by atoms with van der Waals surface area (Å²) in [5.41, 5.74) is 1.33. The Morgan fingerprint density at radius 3 is 2.63 bits per heavy atom. The minimum Gasteiger partial charge on any atom is -0.380 e. The predicted octanol–water partition coefficient (Wildman–Crippen LogP) is 3.76. The summed E-state index contributed by atoms with van der Waals surface area (Å²) in [7, 11) is 0. The van der Waals surface area contributed by atoms with Crippen LogP contribution in [0.2, 0.25) is 0 Å². The van der Waals surface area contributed by atoms with Gasteiger partial charge in [-0.2, -0.15) is 0 Å². The smallest absolute Gasteiger partial charge is 0.0617 e. The van der Waals surface area contributed by atoms with E-state index in [4.69, 9.17) is 4.74 Å². The van der Waals surface area contributed by atoms with E-state index in [-0.39, 0.29) is 0 Å².